The first kappa shape index (κ1) is 19.0. The lowest BCUT2D eigenvalue weighted by Gasteiger charge is -2.43. The second-order valence-corrected chi connectivity index (χ2v) is 9.01. The maximum atomic E-state index is 13.3. The van der Waals surface area contributed by atoms with Gasteiger partial charge in [-0.3, -0.25) is 14.4 Å². The van der Waals surface area contributed by atoms with E-state index in [4.69, 9.17) is 0 Å². The quantitative estimate of drug-likeness (QED) is 0.869. The first-order chi connectivity index (χ1) is 13.3. The summed E-state index contributed by atoms with van der Waals surface area (Å²) in [5, 5.41) is 9.25. The van der Waals surface area contributed by atoms with Crippen molar-refractivity contribution in [2.24, 2.45) is 16.7 Å². The third kappa shape index (κ3) is 3.29. The van der Waals surface area contributed by atoms with Gasteiger partial charge in [0.1, 0.15) is 0 Å². The Hall–Kier alpha value is -2.37. The van der Waals surface area contributed by atoms with Crippen LogP contribution < -0.4 is 0 Å². The zero-order chi connectivity index (χ0) is 19.9. The van der Waals surface area contributed by atoms with Gasteiger partial charge >= 0.3 is 5.97 Å². The van der Waals surface area contributed by atoms with Crippen LogP contribution in [0.5, 0.6) is 0 Å². The lowest BCUT2D eigenvalue weighted by atomic mass is 9.79. The minimum Gasteiger partial charge on any atom is -0.481 e. The van der Waals surface area contributed by atoms with Gasteiger partial charge in [-0.2, -0.15) is 0 Å². The summed E-state index contributed by atoms with van der Waals surface area (Å²) in [5.41, 5.74) is 0.0153. The van der Waals surface area contributed by atoms with E-state index >= 15 is 0 Å². The standard InChI is InChI=1S/C22H28N2O4/c1-21(8-5-11-24(15-21)18(25)16-6-3-2-4-7-16)20(28)23-12-9-22(10-13-23)14-17(22)19(26)27/h2-4,6-7,17H,5,8-15H2,1H3,(H,26,27). The normalized spacial score (nSPS) is 28.8. The third-order valence-corrected chi connectivity index (χ3v) is 7.05. The number of carbonyl (C=O) groups is 3. The van der Waals surface area contributed by atoms with E-state index in [-0.39, 0.29) is 23.1 Å². The van der Waals surface area contributed by atoms with Crippen molar-refractivity contribution in [3.05, 3.63) is 35.9 Å². The summed E-state index contributed by atoms with van der Waals surface area (Å²) in [7, 11) is 0. The summed E-state index contributed by atoms with van der Waals surface area (Å²) >= 11 is 0. The number of rotatable bonds is 3. The van der Waals surface area contributed by atoms with Gasteiger partial charge in [0, 0.05) is 31.7 Å². The van der Waals surface area contributed by atoms with E-state index in [1.807, 2.05) is 47.1 Å². The number of carboxylic acids is 1. The molecule has 2 aliphatic heterocycles. The molecule has 150 valence electrons. The molecule has 3 aliphatic rings. The molecule has 2 amide bonds. The van der Waals surface area contributed by atoms with Gasteiger partial charge in [0.25, 0.3) is 5.91 Å². The van der Waals surface area contributed by atoms with Crippen LogP contribution in [0.15, 0.2) is 30.3 Å². The molecule has 1 N–H and O–H groups in total. The first-order valence-corrected chi connectivity index (χ1v) is 10.2. The van der Waals surface area contributed by atoms with E-state index < -0.39 is 11.4 Å². The number of hydrogen-bond acceptors (Lipinski definition) is 3. The van der Waals surface area contributed by atoms with Gasteiger partial charge in [0.05, 0.1) is 11.3 Å². The van der Waals surface area contributed by atoms with Crippen LogP contribution in [-0.2, 0) is 9.59 Å². The number of hydrogen-bond donors (Lipinski definition) is 1. The van der Waals surface area contributed by atoms with E-state index in [1.54, 1.807) is 0 Å². The number of benzene rings is 1. The number of aliphatic carboxylic acids is 1. The number of piperidine rings is 2. The number of carbonyl (C=O) groups excluding carboxylic acids is 2. The van der Waals surface area contributed by atoms with E-state index in [0.717, 1.165) is 32.1 Å². The van der Waals surface area contributed by atoms with Crippen LogP contribution in [-0.4, -0.2) is 58.9 Å². The minimum absolute atomic E-state index is 0.0146. The summed E-state index contributed by atoms with van der Waals surface area (Å²) in [6.45, 7) is 4.36. The summed E-state index contributed by atoms with van der Waals surface area (Å²) in [4.78, 5) is 41.1. The second kappa shape index (κ2) is 6.90. The topological polar surface area (TPSA) is 77.9 Å². The number of nitrogens with zero attached hydrogens (tertiary/aromatic N) is 2. The Morgan fingerprint density at radius 1 is 1.00 bits per heavy atom. The predicted molar refractivity (Wildman–Crippen MR) is 104 cm³/mol. The van der Waals surface area contributed by atoms with E-state index in [9.17, 15) is 19.5 Å². The SMILES string of the molecule is CC1(C(=O)N2CCC3(CC2)CC3C(=O)O)CCCN(C(=O)c2ccccc2)C1. The van der Waals surface area contributed by atoms with Gasteiger partial charge in [-0.1, -0.05) is 18.2 Å². The van der Waals surface area contributed by atoms with Crippen molar-refractivity contribution < 1.29 is 19.5 Å². The van der Waals surface area contributed by atoms with Crippen LogP contribution in [0.3, 0.4) is 0 Å². The van der Waals surface area contributed by atoms with Crippen molar-refractivity contribution in [2.75, 3.05) is 26.2 Å². The molecule has 6 nitrogen and oxygen atoms in total. The van der Waals surface area contributed by atoms with Crippen LogP contribution in [0.1, 0.15) is 49.4 Å². The highest BCUT2D eigenvalue weighted by Gasteiger charge is 2.59. The molecule has 0 aromatic heterocycles. The number of carboxylic acid groups (broad SMARTS) is 1. The Kier molecular flexibility index (Phi) is 4.68. The molecular formula is C22H28N2O4. The molecule has 1 aromatic carbocycles. The molecule has 0 bridgehead atoms. The molecule has 1 aromatic rings. The molecule has 0 radical (unpaired) electrons. The maximum absolute atomic E-state index is 13.3. The van der Waals surface area contributed by atoms with Crippen molar-refractivity contribution >= 4 is 17.8 Å². The Balaban J connectivity index is 1.40. The fourth-order valence-electron chi connectivity index (χ4n) is 5.14. The summed E-state index contributed by atoms with van der Waals surface area (Å²) < 4.78 is 0. The lowest BCUT2D eigenvalue weighted by Crippen LogP contribution is -2.54. The highest BCUT2D eigenvalue weighted by atomic mass is 16.4. The van der Waals surface area contributed by atoms with Gasteiger partial charge in [-0.25, -0.2) is 0 Å². The van der Waals surface area contributed by atoms with Crippen LogP contribution >= 0.6 is 0 Å². The third-order valence-electron chi connectivity index (χ3n) is 7.05. The Bertz CT molecular complexity index is 785. The average molecular weight is 384 g/mol. The zero-order valence-corrected chi connectivity index (χ0v) is 16.4. The van der Waals surface area contributed by atoms with Gasteiger partial charge in [0.2, 0.25) is 5.91 Å². The molecule has 2 saturated heterocycles. The largest absolute Gasteiger partial charge is 0.481 e. The Morgan fingerprint density at radius 2 is 1.68 bits per heavy atom. The number of likely N-dealkylation sites (tertiary alicyclic amines) is 2. The average Bonchev–Trinajstić information content (AvgIpc) is 3.42. The fourth-order valence-corrected chi connectivity index (χ4v) is 5.14. The molecule has 28 heavy (non-hydrogen) atoms. The molecule has 4 rings (SSSR count). The minimum atomic E-state index is -0.700. The molecule has 1 spiro atoms. The van der Waals surface area contributed by atoms with Gasteiger partial charge < -0.3 is 14.9 Å². The van der Waals surface area contributed by atoms with Crippen molar-refractivity contribution in [3.8, 4) is 0 Å². The Labute approximate surface area is 165 Å². The van der Waals surface area contributed by atoms with Crippen LogP contribution in [0, 0.1) is 16.7 Å². The smallest absolute Gasteiger partial charge is 0.307 e. The van der Waals surface area contributed by atoms with Crippen molar-refractivity contribution in [2.45, 2.75) is 39.0 Å². The molecule has 2 heterocycles. The monoisotopic (exact) mass is 384 g/mol. The zero-order valence-electron chi connectivity index (χ0n) is 16.4. The van der Waals surface area contributed by atoms with E-state index in [0.29, 0.717) is 31.7 Å². The molecule has 3 fully saturated rings. The van der Waals surface area contributed by atoms with Gasteiger partial charge in [-0.15, -0.1) is 0 Å². The van der Waals surface area contributed by atoms with Crippen LogP contribution in [0.2, 0.25) is 0 Å². The van der Waals surface area contributed by atoms with Crippen LogP contribution in [0.25, 0.3) is 0 Å². The molecule has 2 unspecified atom stereocenters. The van der Waals surface area contributed by atoms with Crippen molar-refractivity contribution in [1.82, 2.24) is 9.80 Å². The summed E-state index contributed by atoms with van der Waals surface area (Å²) in [6, 6.07) is 9.22. The molecule has 1 saturated carbocycles. The van der Waals surface area contributed by atoms with Crippen molar-refractivity contribution in [3.63, 3.8) is 0 Å². The molecule has 2 atom stereocenters. The molecular weight excluding hydrogens is 356 g/mol. The fraction of sp³-hybridized carbons (Fsp3) is 0.591. The Morgan fingerprint density at radius 3 is 2.29 bits per heavy atom. The lowest BCUT2D eigenvalue weighted by molar-refractivity contribution is -0.145. The van der Waals surface area contributed by atoms with Crippen molar-refractivity contribution in [1.29, 1.82) is 0 Å². The first-order valence-electron chi connectivity index (χ1n) is 10.2. The van der Waals surface area contributed by atoms with Crippen LogP contribution in [0.4, 0.5) is 0 Å². The second-order valence-electron chi connectivity index (χ2n) is 9.01. The predicted octanol–water partition coefficient (Wildman–Crippen LogP) is 2.64. The summed E-state index contributed by atoms with van der Waals surface area (Å²) in [6.07, 6.45) is 3.90. The number of amides is 2. The van der Waals surface area contributed by atoms with Gasteiger partial charge in [0.15, 0.2) is 0 Å². The molecule has 6 heteroatoms. The summed E-state index contributed by atoms with van der Waals surface area (Å²) in [5.74, 6) is -0.831. The van der Waals surface area contributed by atoms with E-state index in [1.165, 1.54) is 0 Å². The highest BCUT2D eigenvalue weighted by Crippen LogP contribution is 2.59. The molecule has 1 aliphatic carbocycles. The highest BCUT2D eigenvalue weighted by molar-refractivity contribution is 5.95. The van der Waals surface area contributed by atoms with E-state index in [2.05, 4.69) is 0 Å². The maximum Gasteiger partial charge on any atom is 0.307 e. The van der Waals surface area contributed by atoms with Gasteiger partial charge in [-0.05, 0) is 56.6 Å².